The average Bonchev–Trinajstić information content (AvgIpc) is 3.99. The summed E-state index contributed by atoms with van der Waals surface area (Å²) in [4.78, 5) is 128. The summed E-state index contributed by atoms with van der Waals surface area (Å²) in [6.07, 6.45) is 3.15. The van der Waals surface area contributed by atoms with E-state index in [0.717, 1.165) is 35.9 Å². The number of benzene rings is 2. The van der Waals surface area contributed by atoms with Crippen molar-refractivity contribution in [2.75, 3.05) is 32.8 Å². The zero-order chi connectivity index (χ0) is 58.0. The fraction of sp³-hybridized carbons (Fsp3) is 0.481. The van der Waals surface area contributed by atoms with E-state index >= 15 is 4.39 Å². The number of hydrogen-bond acceptors (Lipinski definition) is 13. The molecule has 0 saturated heterocycles. The molecule has 1 aliphatic heterocycles. The maximum atomic E-state index is 15.1. The zero-order valence-corrected chi connectivity index (χ0v) is 44.7. The number of nitrogens with two attached hydrogens (primary N) is 2. The largest absolute Gasteiger partial charge is 0.480 e. The predicted octanol–water partition coefficient (Wildman–Crippen LogP) is 1.33. The Labute approximate surface area is 451 Å². The van der Waals surface area contributed by atoms with Gasteiger partial charge in [0, 0.05) is 74.2 Å². The van der Waals surface area contributed by atoms with E-state index in [0.29, 0.717) is 22.7 Å². The molecular weight excluding hydrogens is 1020 g/mol. The molecule has 78 heavy (non-hydrogen) atoms. The molecule has 3 aromatic rings. The standard InChI is InChI=1S/C54H72F2N10O12/c1-31(2)48(63-44(70)29-66-45(71)17-18-46(66)72)52(76)61-32(3)50(74)59-23-20-43(69)62-40(53(77)78)14-10-13-38(57)42(68)19-22-60-51(75)39(58)21-24-65(47(73)30-67)49(54(4,5)6)41-25-34(36-26-35(55)15-16-37(36)56)28-64(41)27-33-11-8-7-9-12-33/h7-9,11-12,15-18,25-26,28,31-32,38-40,48-49,67H,10,13-14,19-24,27,29-30,57-58H2,1-6H3,(H,59,74)(H,60,75)(H,61,76)(H,62,69)(H,63,70)(H,77,78)/t32-,38?,39-,40-,48-,49-/m0/s1. The molecule has 0 radical (unpaired) electrons. The minimum atomic E-state index is -1.36. The number of carbonyl (C=O) groups is 10. The van der Waals surface area contributed by atoms with Crippen LogP contribution in [0.15, 0.2) is 72.9 Å². The van der Waals surface area contributed by atoms with E-state index in [9.17, 15) is 62.5 Å². The smallest absolute Gasteiger partial charge is 0.326 e. The molecule has 0 saturated carbocycles. The van der Waals surface area contributed by atoms with Crippen LogP contribution in [0, 0.1) is 23.0 Å². The van der Waals surface area contributed by atoms with Gasteiger partial charge in [0.25, 0.3) is 11.8 Å². The minimum absolute atomic E-state index is 0.0133. The average molecular weight is 1090 g/mol. The van der Waals surface area contributed by atoms with Crippen molar-refractivity contribution in [3.05, 3.63) is 95.8 Å². The number of nitrogens with zero attached hydrogens (tertiary/aromatic N) is 3. The number of aromatic nitrogens is 1. The Bertz CT molecular complexity index is 2670. The van der Waals surface area contributed by atoms with Gasteiger partial charge in [-0.05, 0) is 73.8 Å². The molecule has 0 aliphatic carbocycles. The Hall–Kier alpha value is -7.70. The zero-order valence-electron chi connectivity index (χ0n) is 44.7. The number of aliphatic carboxylic acids is 1. The summed E-state index contributed by atoms with van der Waals surface area (Å²) < 4.78 is 31.4. The number of carboxylic acids is 1. The number of Topliss-reactive ketones (excluding diaryl/α,β-unsaturated/α-hetero) is 1. The van der Waals surface area contributed by atoms with Gasteiger partial charge in [-0.15, -0.1) is 0 Å². The molecule has 8 amide bonds. The van der Waals surface area contributed by atoms with Gasteiger partial charge >= 0.3 is 5.97 Å². The molecule has 0 bridgehead atoms. The summed E-state index contributed by atoms with van der Waals surface area (Å²) in [5.74, 6) is -9.10. The lowest BCUT2D eigenvalue weighted by Gasteiger charge is -2.41. The molecule has 2 heterocycles. The van der Waals surface area contributed by atoms with Crippen molar-refractivity contribution >= 4 is 59.0 Å². The lowest BCUT2D eigenvalue weighted by atomic mass is 9.82. The Morgan fingerprint density at radius 3 is 2.01 bits per heavy atom. The molecule has 0 fully saturated rings. The Kier molecular flexibility index (Phi) is 23.5. The van der Waals surface area contributed by atoms with Gasteiger partial charge in [0.05, 0.1) is 18.1 Å². The molecule has 24 heteroatoms. The van der Waals surface area contributed by atoms with Gasteiger partial charge in [-0.25, -0.2) is 13.6 Å². The van der Waals surface area contributed by atoms with Crippen LogP contribution in [0.4, 0.5) is 8.78 Å². The number of carbonyl (C=O) groups excluding carboxylic acids is 9. The molecule has 22 nitrogen and oxygen atoms in total. The molecular formula is C54H72F2N10O12. The van der Waals surface area contributed by atoms with Gasteiger partial charge in [-0.2, -0.15) is 0 Å². The number of hydrogen-bond donors (Lipinski definition) is 9. The van der Waals surface area contributed by atoms with E-state index < -0.39 is 131 Å². The van der Waals surface area contributed by atoms with Crippen LogP contribution in [0.3, 0.4) is 0 Å². The van der Waals surface area contributed by atoms with E-state index in [4.69, 9.17) is 11.5 Å². The SMILES string of the molecule is CC(C)[C@H](NC(=O)CN1C(=O)C=CC1=O)C(=O)N[C@@H](C)C(=O)NCCC(=O)N[C@@H](CCCC(N)C(=O)CCNC(=O)[C@@H](N)CCN(C(=O)CO)[C@@H](c1cc(-c2cc(F)ccc2F)cn1Cc1ccccc1)C(C)(C)C)C(=O)O. The normalized spacial score (nSPS) is 14.7. The topological polar surface area (TPSA) is 335 Å². The molecule has 1 aliphatic rings. The summed E-state index contributed by atoms with van der Waals surface area (Å²) >= 11 is 0. The lowest BCUT2D eigenvalue weighted by molar-refractivity contribution is -0.142. The highest BCUT2D eigenvalue weighted by molar-refractivity contribution is 6.14. The fourth-order valence-corrected chi connectivity index (χ4v) is 8.67. The van der Waals surface area contributed by atoms with E-state index in [1.807, 2.05) is 55.7 Å². The van der Waals surface area contributed by atoms with Crippen LogP contribution in [0.2, 0.25) is 0 Å². The summed E-state index contributed by atoms with van der Waals surface area (Å²) in [7, 11) is 0. The molecule has 0 spiro atoms. The van der Waals surface area contributed by atoms with Gasteiger partial charge in [-0.3, -0.25) is 48.1 Å². The number of carboxylic acid groups (broad SMARTS) is 1. The van der Waals surface area contributed by atoms with Crippen LogP contribution in [-0.2, 0) is 54.5 Å². The van der Waals surface area contributed by atoms with Crippen molar-refractivity contribution in [1.82, 2.24) is 41.0 Å². The summed E-state index contributed by atoms with van der Waals surface area (Å²) in [6.45, 7) is 8.60. The number of aliphatic hydroxyl groups is 1. The molecule has 1 aromatic heterocycles. The summed E-state index contributed by atoms with van der Waals surface area (Å²) in [5, 5.41) is 32.3. The number of aliphatic hydroxyl groups excluding tert-OH is 1. The second kappa shape index (κ2) is 29.2. The fourth-order valence-electron chi connectivity index (χ4n) is 8.67. The Morgan fingerprint density at radius 2 is 1.40 bits per heavy atom. The number of ketones is 1. The first-order valence-corrected chi connectivity index (χ1v) is 25.6. The Balaban J connectivity index is 1.23. The summed E-state index contributed by atoms with van der Waals surface area (Å²) in [6, 6.07) is 7.57. The van der Waals surface area contributed by atoms with Crippen LogP contribution >= 0.6 is 0 Å². The second-order valence-electron chi connectivity index (χ2n) is 20.5. The second-order valence-corrected chi connectivity index (χ2v) is 20.5. The number of halogens is 2. The van der Waals surface area contributed by atoms with Crippen molar-refractivity contribution in [1.29, 1.82) is 0 Å². The maximum Gasteiger partial charge on any atom is 0.326 e. The third-order valence-corrected chi connectivity index (χ3v) is 12.8. The van der Waals surface area contributed by atoms with Gasteiger partial charge in [0.2, 0.25) is 35.4 Å². The van der Waals surface area contributed by atoms with Gasteiger partial charge in [0.15, 0.2) is 5.78 Å². The summed E-state index contributed by atoms with van der Waals surface area (Å²) in [5.41, 5.74) is 13.5. The first-order chi connectivity index (χ1) is 36.7. The van der Waals surface area contributed by atoms with Crippen LogP contribution in [-0.4, -0.2) is 147 Å². The van der Waals surface area contributed by atoms with Gasteiger partial charge < -0.3 is 57.7 Å². The van der Waals surface area contributed by atoms with E-state index in [-0.39, 0.29) is 63.7 Å². The maximum absolute atomic E-state index is 15.1. The third-order valence-electron chi connectivity index (χ3n) is 12.8. The van der Waals surface area contributed by atoms with E-state index in [2.05, 4.69) is 26.6 Å². The minimum Gasteiger partial charge on any atom is -0.480 e. The molecule has 2 aromatic carbocycles. The van der Waals surface area contributed by atoms with Gasteiger partial charge in [-0.1, -0.05) is 65.0 Å². The number of rotatable bonds is 30. The third kappa shape index (κ3) is 18.5. The highest BCUT2D eigenvalue weighted by Gasteiger charge is 2.38. The van der Waals surface area contributed by atoms with Crippen molar-refractivity contribution in [2.24, 2.45) is 22.8 Å². The van der Waals surface area contributed by atoms with Crippen LogP contribution < -0.4 is 38.1 Å². The molecule has 4 rings (SSSR count). The lowest BCUT2D eigenvalue weighted by Crippen LogP contribution is -2.56. The van der Waals surface area contributed by atoms with Crippen molar-refractivity contribution in [3.63, 3.8) is 0 Å². The predicted molar refractivity (Wildman–Crippen MR) is 281 cm³/mol. The first kappa shape index (κ1) is 62.8. The van der Waals surface area contributed by atoms with E-state index in [1.165, 1.54) is 11.8 Å². The number of imide groups is 1. The highest BCUT2D eigenvalue weighted by atomic mass is 19.1. The van der Waals surface area contributed by atoms with E-state index in [1.54, 1.807) is 26.1 Å². The Morgan fingerprint density at radius 1 is 0.756 bits per heavy atom. The molecule has 11 N–H and O–H groups in total. The van der Waals surface area contributed by atoms with Crippen LogP contribution in [0.5, 0.6) is 0 Å². The quantitative estimate of drug-likeness (QED) is 0.0426. The molecule has 424 valence electrons. The van der Waals surface area contributed by atoms with Crippen molar-refractivity contribution < 1.29 is 66.9 Å². The molecule has 1 unspecified atom stereocenters. The highest BCUT2D eigenvalue weighted by Crippen LogP contribution is 2.41. The molecule has 6 atom stereocenters. The van der Waals surface area contributed by atoms with Crippen LogP contribution in [0.25, 0.3) is 11.1 Å². The first-order valence-electron chi connectivity index (χ1n) is 25.6. The van der Waals surface area contributed by atoms with Crippen molar-refractivity contribution in [3.8, 4) is 11.1 Å². The number of amides is 8. The van der Waals surface area contributed by atoms with Crippen LogP contribution in [0.1, 0.15) is 97.4 Å². The monoisotopic (exact) mass is 1090 g/mol. The number of nitrogens with one attached hydrogen (secondary N) is 5. The van der Waals surface area contributed by atoms with Crippen molar-refractivity contribution in [2.45, 2.75) is 123 Å². The van der Waals surface area contributed by atoms with Gasteiger partial charge in [0.1, 0.15) is 42.9 Å².